The normalized spacial score (nSPS) is 11.2. The van der Waals surface area contributed by atoms with Crippen molar-refractivity contribution in [2.45, 2.75) is 20.8 Å². The second kappa shape index (κ2) is 8.33. The monoisotopic (exact) mass is 357 g/mol. The van der Waals surface area contributed by atoms with Crippen LogP contribution in [0.4, 0.5) is 0 Å². The Hall–Kier alpha value is -3.09. The van der Waals surface area contributed by atoms with Gasteiger partial charge in [-0.2, -0.15) is 5.10 Å². The Morgan fingerprint density at radius 1 is 1.19 bits per heavy atom. The summed E-state index contributed by atoms with van der Waals surface area (Å²) in [6.07, 6.45) is 0. The van der Waals surface area contributed by atoms with Gasteiger partial charge in [0.1, 0.15) is 17.3 Å². The predicted molar refractivity (Wildman–Crippen MR) is 98.5 cm³/mol. The van der Waals surface area contributed by atoms with Gasteiger partial charge in [0.05, 0.1) is 11.3 Å². The minimum absolute atomic E-state index is 0.0149. The Balaban J connectivity index is 1.97. The molecule has 1 aromatic carbocycles. The molecule has 1 aromatic heterocycles. The van der Waals surface area contributed by atoms with Gasteiger partial charge in [-0.05, 0) is 56.7 Å². The van der Waals surface area contributed by atoms with Crippen molar-refractivity contribution in [1.82, 2.24) is 10.3 Å². The Kier molecular flexibility index (Phi) is 6.16. The molecule has 0 fully saturated rings. The van der Waals surface area contributed by atoms with Crippen molar-refractivity contribution in [3.05, 3.63) is 53.0 Å². The van der Waals surface area contributed by atoms with Crippen molar-refractivity contribution in [3.63, 3.8) is 0 Å². The van der Waals surface area contributed by atoms with Crippen molar-refractivity contribution in [2.24, 2.45) is 5.10 Å². The second-order valence-corrected chi connectivity index (χ2v) is 6.07. The molecule has 2 amide bonds. The van der Waals surface area contributed by atoms with Crippen molar-refractivity contribution in [2.75, 3.05) is 20.7 Å². The van der Waals surface area contributed by atoms with Crippen LogP contribution in [-0.4, -0.2) is 43.1 Å². The fourth-order valence-corrected chi connectivity index (χ4v) is 2.18. The summed E-state index contributed by atoms with van der Waals surface area (Å²) in [6.45, 7) is 5.30. The molecule has 0 aliphatic rings. The second-order valence-electron chi connectivity index (χ2n) is 6.07. The van der Waals surface area contributed by atoms with E-state index in [2.05, 4.69) is 10.5 Å². The van der Waals surface area contributed by atoms with Gasteiger partial charge in [-0.1, -0.05) is 0 Å². The number of nitrogens with zero attached hydrogens (tertiary/aromatic N) is 2. The van der Waals surface area contributed by atoms with E-state index in [9.17, 15) is 9.59 Å². The number of rotatable bonds is 6. The molecule has 7 heteroatoms. The number of aryl methyl sites for hydroxylation is 2. The van der Waals surface area contributed by atoms with Gasteiger partial charge in [-0.25, -0.2) is 5.43 Å². The van der Waals surface area contributed by atoms with Crippen LogP contribution in [-0.2, 0) is 4.79 Å². The highest BCUT2D eigenvalue weighted by Crippen LogP contribution is 2.14. The number of hydrazone groups is 1. The largest absolute Gasteiger partial charge is 0.484 e. The molecule has 2 aromatic rings. The van der Waals surface area contributed by atoms with Crippen molar-refractivity contribution >= 4 is 17.5 Å². The van der Waals surface area contributed by atoms with E-state index in [-0.39, 0.29) is 18.4 Å². The summed E-state index contributed by atoms with van der Waals surface area (Å²) in [7, 11) is 3.35. The van der Waals surface area contributed by atoms with E-state index in [1.54, 1.807) is 53.1 Å². The highest BCUT2D eigenvalue weighted by molar-refractivity contribution is 6.01. The summed E-state index contributed by atoms with van der Waals surface area (Å²) in [5, 5.41) is 4.12. The van der Waals surface area contributed by atoms with Gasteiger partial charge in [0.2, 0.25) is 0 Å². The molecule has 138 valence electrons. The van der Waals surface area contributed by atoms with E-state index in [1.165, 1.54) is 4.90 Å². The average Bonchev–Trinajstić information content (AvgIpc) is 2.95. The van der Waals surface area contributed by atoms with Crippen LogP contribution >= 0.6 is 0 Å². The van der Waals surface area contributed by atoms with Crippen LogP contribution in [0.25, 0.3) is 0 Å². The van der Waals surface area contributed by atoms with Gasteiger partial charge in [-0.15, -0.1) is 0 Å². The third kappa shape index (κ3) is 4.95. The molecule has 0 bridgehead atoms. The summed E-state index contributed by atoms with van der Waals surface area (Å²) in [5.74, 6) is 1.39. The lowest BCUT2D eigenvalue weighted by Crippen LogP contribution is -2.27. The molecule has 26 heavy (non-hydrogen) atoms. The van der Waals surface area contributed by atoms with Gasteiger partial charge in [0.15, 0.2) is 6.61 Å². The highest BCUT2D eigenvalue weighted by atomic mass is 16.5. The Morgan fingerprint density at radius 2 is 1.85 bits per heavy atom. The lowest BCUT2D eigenvalue weighted by molar-refractivity contribution is -0.130. The molecule has 0 unspecified atom stereocenters. The molecular formula is C19H23N3O4. The summed E-state index contributed by atoms with van der Waals surface area (Å²) < 4.78 is 10.8. The van der Waals surface area contributed by atoms with E-state index < -0.39 is 0 Å². The van der Waals surface area contributed by atoms with Crippen molar-refractivity contribution < 1.29 is 18.7 Å². The van der Waals surface area contributed by atoms with E-state index >= 15 is 0 Å². The molecule has 0 radical (unpaired) electrons. The standard InChI is InChI=1S/C19H23N3O4/c1-12-10-17(14(3)26-12)19(24)21-20-13(2)15-6-8-16(9-7-15)25-11-18(23)22(4)5/h6-10H,11H2,1-5H3,(H,21,24)/b20-13+. The number of hydrogen-bond acceptors (Lipinski definition) is 5. The summed E-state index contributed by atoms with van der Waals surface area (Å²) in [6, 6.07) is 8.81. The van der Waals surface area contributed by atoms with E-state index in [0.29, 0.717) is 28.5 Å². The Bertz CT molecular complexity index is 820. The van der Waals surface area contributed by atoms with Crippen molar-refractivity contribution in [3.8, 4) is 5.75 Å². The van der Waals surface area contributed by atoms with Gasteiger partial charge in [-0.3, -0.25) is 9.59 Å². The SMILES string of the molecule is C/C(=N\NC(=O)c1cc(C)oc1C)c1ccc(OCC(=O)N(C)C)cc1. The number of amides is 2. The molecule has 0 saturated heterocycles. The molecular weight excluding hydrogens is 334 g/mol. The number of carbonyl (C=O) groups excluding carboxylic acids is 2. The van der Waals surface area contributed by atoms with Crippen LogP contribution in [0.15, 0.2) is 39.9 Å². The zero-order valence-corrected chi connectivity index (χ0v) is 15.6. The molecule has 2 rings (SSSR count). The number of furan rings is 1. The van der Waals surface area contributed by atoms with Crippen molar-refractivity contribution in [1.29, 1.82) is 0 Å². The molecule has 0 aliphatic heterocycles. The van der Waals surface area contributed by atoms with E-state index in [0.717, 1.165) is 5.56 Å². The summed E-state index contributed by atoms with van der Waals surface area (Å²) >= 11 is 0. The quantitative estimate of drug-likeness (QED) is 0.636. The fraction of sp³-hybridized carbons (Fsp3) is 0.316. The van der Waals surface area contributed by atoms with Crippen LogP contribution in [0, 0.1) is 13.8 Å². The van der Waals surface area contributed by atoms with Crippen LogP contribution in [0.1, 0.15) is 34.4 Å². The third-order valence-electron chi connectivity index (χ3n) is 3.74. The fourth-order valence-electron chi connectivity index (χ4n) is 2.18. The zero-order chi connectivity index (χ0) is 19.3. The lowest BCUT2D eigenvalue weighted by Gasteiger charge is -2.11. The molecule has 0 saturated carbocycles. The summed E-state index contributed by atoms with van der Waals surface area (Å²) in [4.78, 5) is 25.1. The maximum absolute atomic E-state index is 12.1. The first-order valence-electron chi connectivity index (χ1n) is 8.13. The molecule has 1 N–H and O–H groups in total. The van der Waals surface area contributed by atoms with Gasteiger partial charge in [0.25, 0.3) is 11.8 Å². The smallest absolute Gasteiger partial charge is 0.274 e. The topological polar surface area (TPSA) is 84.1 Å². The van der Waals surface area contributed by atoms with Crippen LogP contribution in [0.2, 0.25) is 0 Å². The summed E-state index contributed by atoms with van der Waals surface area (Å²) in [5.41, 5.74) is 4.47. The average molecular weight is 357 g/mol. The van der Waals surface area contributed by atoms with E-state index in [4.69, 9.17) is 9.15 Å². The number of nitrogens with one attached hydrogen (secondary N) is 1. The van der Waals surface area contributed by atoms with Crippen LogP contribution in [0.3, 0.4) is 0 Å². The first kappa shape index (κ1) is 19.2. The molecule has 1 heterocycles. The number of hydrogen-bond donors (Lipinski definition) is 1. The molecule has 0 atom stereocenters. The van der Waals surface area contributed by atoms with Gasteiger partial charge in [0, 0.05) is 14.1 Å². The number of ether oxygens (including phenoxy) is 1. The van der Waals surface area contributed by atoms with Crippen LogP contribution < -0.4 is 10.2 Å². The minimum atomic E-state index is -0.319. The van der Waals surface area contributed by atoms with Crippen LogP contribution in [0.5, 0.6) is 5.75 Å². The first-order valence-corrected chi connectivity index (χ1v) is 8.13. The minimum Gasteiger partial charge on any atom is -0.484 e. The predicted octanol–water partition coefficient (Wildman–Crippen LogP) is 2.52. The number of likely N-dealkylation sites (N-methyl/N-ethyl adjacent to an activating group) is 1. The maximum Gasteiger partial charge on any atom is 0.274 e. The van der Waals surface area contributed by atoms with Gasteiger partial charge >= 0.3 is 0 Å². The maximum atomic E-state index is 12.1. The Labute approximate surface area is 152 Å². The molecule has 0 aliphatic carbocycles. The number of benzene rings is 1. The number of carbonyl (C=O) groups is 2. The molecule has 0 spiro atoms. The highest BCUT2D eigenvalue weighted by Gasteiger charge is 2.13. The lowest BCUT2D eigenvalue weighted by atomic mass is 10.1. The van der Waals surface area contributed by atoms with Gasteiger partial charge < -0.3 is 14.1 Å². The first-order chi connectivity index (χ1) is 12.3. The third-order valence-corrected chi connectivity index (χ3v) is 3.74. The Morgan fingerprint density at radius 3 is 2.38 bits per heavy atom. The zero-order valence-electron chi connectivity index (χ0n) is 15.6. The molecule has 7 nitrogen and oxygen atoms in total. The van der Waals surface area contributed by atoms with E-state index in [1.807, 2.05) is 12.1 Å².